The van der Waals surface area contributed by atoms with Gasteiger partial charge in [0.05, 0.1) is 5.70 Å². The van der Waals surface area contributed by atoms with Gasteiger partial charge in [-0.15, -0.1) is 0 Å². The molecule has 1 aromatic heterocycles. The Labute approximate surface area is 191 Å². The summed E-state index contributed by atoms with van der Waals surface area (Å²) in [6, 6.07) is 4.10. The Balaban J connectivity index is 2.18. The fraction of sp³-hybridized carbons (Fsp3) is 0.269. The summed E-state index contributed by atoms with van der Waals surface area (Å²) in [5.41, 5.74) is 18.0. The van der Waals surface area contributed by atoms with Crippen LogP contribution in [0.3, 0.4) is 0 Å². The molecule has 0 aromatic carbocycles. The molecule has 1 aliphatic rings. The van der Waals surface area contributed by atoms with E-state index in [0.717, 1.165) is 34.7 Å². The summed E-state index contributed by atoms with van der Waals surface area (Å²) in [6.07, 6.45) is 15.2. The van der Waals surface area contributed by atoms with Gasteiger partial charge in [0.15, 0.2) is 0 Å². The van der Waals surface area contributed by atoms with Gasteiger partial charge in [0.1, 0.15) is 0 Å². The lowest BCUT2D eigenvalue weighted by Gasteiger charge is -2.32. The molecular formula is C26H34N6. The molecule has 1 aliphatic heterocycles. The van der Waals surface area contributed by atoms with E-state index in [4.69, 9.17) is 16.1 Å². The molecule has 0 saturated heterocycles. The molecule has 0 amide bonds. The van der Waals surface area contributed by atoms with Crippen LogP contribution in [0.25, 0.3) is 5.57 Å². The number of nitrogens with two attached hydrogens (primary N) is 1. The predicted molar refractivity (Wildman–Crippen MR) is 136 cm³/mol. The van der Waals surface area contributed by atoms with Crippen LogP contribution in [-0.2, 0) is 0 Å². The Hall–Kier alpha value is -3.51. The number of hydrazine groups is 1. The van der Waals surface area contributed by atoms with Crippen LogP contribution in [-0.4, -0.2) is 23.0 Å². The van der Waals surface area contributed by atoms with Crippen molar-refractivity contribution < 1.29 is 0 Å². The number of nitrogens with one attached hydrogen (secondary N) is 3. The van der Waals surface area contributed by atoms with Crippen LogP contribution in [0, 0.1) is 17.7 Å². The van der Waals surface area contributed by atoms with Crippen molar-refractivity contribution in [3.63, 3.8) is 0 Å². The van der Waals surface area contributed by atoms with E-state index in [1.807, 2.05) is 43.6 Å². The molecule has 32 heavy (non-hydrogen) atoms. The first-order valence-corrected chi connectivity index (χ1v) is 10.6. The second-order valence-corrected chi connectivity index (χ2v) is 8.27. The van der Waals surface area contributed by atoms with Crippen LogP contribution in [0.1, 0.15) is 38.4 Å². The van der Waals surface area contributed by atoms with Gasteiger partial charge in [-0.3, -0.25) is 9.98 Å². The smallest absolute Gasteiger partial charge is 0.0587 e. The van der Waals surface area contributed by atoms with Crippen molar-refractivity contribution in [1.82, 2.24) is 15.8 Å². The molecule has 2 rings (SSSR count). The van der Waals surface area contributed by atoms with Crippen molar-refractivity contribution in [2.45, 2.75) is 40.2 Å². The first kappa shape index (κ1) is 24.8. The number of pyridine rings is 1. The molecular weight excluding hydrogens is 396 g/mol. The number of hydrogen-bond donors (Lipinski definition) is 4. The van der Waals surface area contributed by atoms with Gasteiger partial charge in [0.2, 0.25) is 0 Å². The van der Waals surface area contributed by atoms with Crippen LogP contribution < -0.4 is 16.6 Å². The largest absolute Gasteiger partial charge is 0.399 e. The molecule has 2 heterocycles. The number of allylic oxidation sites excluding steroid dienone is 7. The number of nitrogens with zero attached hydrogens (tertiary/aromatic N) is 2. The van der Waals surface area contributed by atoms with Crippen LogP contribution in [0.2, 0.25) is 0 Å². The van der Waals surface area contributed by atoms with Crippen molar-refractivity contribution in [2.24, 2.45) is 16.1 Å². The molecule has 1 atom stereocenters. The Bertz CT molecular complexity index is 1000. The highest BCUT2D eigenvalue weighted by molar-refractivity contribution is 5.94. The minimum Gasteiger partial charge on any atom is -0.399 e. The molecule has 0 spiro atoms. The summed E-state index contributed by atoms with van der Waals surface area (Å²) in [7, 11) is 0. The van der Waals surface area contributed by atoms with Crippen LogP contribution in [0.5, 0.6) is 0 Å². The summed E-state index contributed by atoms with van der Waals surface area (Å²) in [6.45, 7) is 15.9. The van der Waals surface area contributed by atoms with Gasteiger partial charge in [-0.05, 0) is 26.0 Å². The van der Waals surface area contributed by atoms with E-state index in [1.165, 1.54) is 6.21 Å². The van der Waals surface area contributed by atoms with E-state index in [1.54, 1.807) is 12.2 Å². The second kappa shape index (κ2) is 11.2. The van der Waals surface area contributed by atoms with Gasteiger partial charge in [0, 0.05) is 70.3 Å². The first-order valence-electron chi connectivity index (χ1n) is 10.6. The zero-order valence-electron chi connectivity index (χ0n) is 19.4. The normalized spacial score (nSPS) is 15.9. The van der Waals surface area contributed by atoms with Gasteiger partial charge in [-0.2, -0.15) is 0 Å². The van der Waals surface area contributed by atoms with Gasteiger partial charge in [0.25, 0.3) is 0 Å². The number of aryl methyl sites for hydroxylation is 1. The zero-order valence-corrected chi connectivity index (χ0v) is 19.4. The van der Waals surface area contributed by atoms with Crippen molar-refractivity contribution in [2.75, 3.05) is 0 Å². The third kappa shape index (κ3) is 6.49. The van der Waals surface area contributed by atoms with E-state index < -0.39 is 0 Å². The molecule has 0 bridgehead atoms. The highest BCUT2D eigenvalue weighted by atomic mass is 15.4. The van der Waals surface area contributed by atoms with Crippen molar-refractivity contribution in [3.8, 4) is 0 Å². The van der Waals surface area contributed by atoms with Gasteiger partial charge >= 0.3 is 0 Å². The van der Waals surface area contributed by atoms with E-state index >= 15 is 0 Å². The standard InChI is InChI=1S/C26H34N6/c1-7-24-13-14-25(31-24)26(5,6)20(4)32-30-17-22(23-12-11-18(2)29-16-23)10-8-9-21(15-27)19(3)28/h7-13,15-17,20,27,30,32H,1,3,14,28H2,2,4-6H3/b10-8+,21-9+,22-17+,27-15?. The first-order chi connectivity index (χ1) is 15.2. The molecule has 0 aliphatic carbocycles. The van der Waals surface area contributed by atoms with Crippen molar-refractivity contribution >= 4 is 17.5 Å². The number of aromatic nitrogens is 1. The summed E-state index contributed by atoms with van der Waals surface area (Å²) in [5, 5.41) is 7.44. The highest BCUT2D eigenvalue weighted by Crippen LogP contribution is 2.29. The Morgan fingerprint density at radius 1 is 1.34 bits per heavy atom. The SMILES string of the molecule is C=CC1=CCC(C(C)(C)C(C)NN\C=C(/C=C/C=C(\C=N)C(=C)N)c2ccc(C)nc2)=N1. The van der Waals surface area contributed by atoms with Crippen LogP contribution in [0.4, 0.5) is 0 Å². The molecule has 168 valence electrons. The minimum atomic E-state index is -0.146. The maximum absolute atomic E-state index is 7.44. The Kier molecular flexibility index (Phi) is 8.67. The lowest BCUT2D eigenvalue weighted by molar-refractivity contribution is 0.335. The van der Waals surface area contributed by atoms with E-state index in [9.17, 15) is 0 Å². The number of hydrogen-bond acceptors (Lipinski definition) is 6. The Morgan fingerprint density at radius 2 is 2.09 bits per heavy atom. The van der Waals surface area contributed by atoms with Crippen LogP contribution in [0.15, 0.2) is 90.0 Å². The fourth-order valence-electron chi connectivity index (χ4n) is 3.03. The average molecular weight is 431 g/mol. The summed E-state index contributed by atoms with van der Waals surface area (Å²) in [5.74, 6) is 0. The predicted octanol–water partition coefficient (Wildman–Crippen LogP) is 4.76. The topological polar surface area (TPSA) is 99.2 Å². The molecule has 0 fully saturated rings. The zero-order chi connectivity index (χ0) is 23.7. The molecule has 1 unspecified atom stereocenters. The lowest BCUT2D eigenvalue weighted by Crippen LogP contribution is -2.48. The third-order valence-electron chi connectivity index (χ3n) is 5.65. The molecule has 1 aromatic rings. The fourth-order valence-corrected chi connectivity index (χ4v) is 3.03. The second-order valence-electron chi connectivity index (χ2n) is 8.27. The van der Waals surface area contributed by atoms with Gasteiger partial charge < -0.3 is 16.6 Å². The van der Waals surface area contributed by atoms with E-state index in [2.05, 4.69) is 55.8 Å². The summed E-state index contributed by atoms with van der Waals surface area (Å²) >= 11 is 0. The molecule has 0 saturated carbocycles. The quantitative estimate of drug-likeness (QED) is 0.231. The molecule has 6 nitrogen and oxygen atoms in total. The third-order valence-corrected chi connectivity index (χ3v) is 5.65. The van der Waals surface area contributed by atoms with Crippen molar-refractivity contribution in [1.29, 1.82) is 5.41 Å². The summed E-state index contributed by atoms with van der Waals surface area (Å²) < 4.78 is 0. The van der Waals surface area contributed by atoms with E-state index in [-0.39, 0.29) is 11.5 Å². The minimum absolute atomic E-state index is 0.112. The van der Waals surface area contributed by atoms with Crippen LogP contribution >= 0.6 is 0 Å². The maximum atomic E-state index is 7.44. The number of aliphatic imine (C=N–C) groups is 1. The molecule has 0 radical (unpaired) electrons. The average Bonchev–Trinajstić information content (AvgIpc) is 3.26. The molecule has 5 N–H and O–H groups in total. The molecule has 6 heteroatoms. The summed E-state index contributed by atoms with van der Waals surface area (Å²) in [4.78, 5) is 9.09. The van der Waals surface area contributed by atoms with Crippen molar-refractivity contribution in [3.05, 3.63) is 96.3 Å². The highest BCUT2D eigenvalue weighted by Gasteiger charge is 2.32. The number of rotatable bonds is 11. The Morgan fingerprint density at radius 3 is 2.66 bits per heavy atom. The van der Waals surface area contributed by atoms with Gasteiger partial charge in [-0.1, -0.05) is 57.4 Å². The van der Waals surface area contributed by atoms with Gasteiger partial charge in [-0.25, -0.2) is 5.43 Å². The maximum Gasteiger partial charge on any atom is 0.0587 e. The van der Waals surface area contributed by atoms with E-state index in [0.29, 0.717) is 11.3 Å². The lowest BCUT2D eigenvalue weighted by atomic mass is 9.80. The monoisotopic (exact) mass is 430 g/mol.